The first kappa shape index (κ1) is 13.9. The standard InChI is InChI=1S/C9H12BrN3O3S/c1-2-3-5(7(14)15)12-8(16)13-9-11-4-6(10)17-9/h4-5H,2-3H2,1H3,(H,14,15)(H2,11,12,13,16)/t5-/m1/s1. The summed E-state index contributed by atoms with van der Waals surface area (Å²) in [5.41, 5.74) is 0. The fraction of sp³-hybridized carbons (Fsp3) is 0.444. The minimum Gasteiger partial charge on any atom is -0.480 e. The lowest BCUT2D eigenvalue weighted by Gasteiger charge is -2.13. The lowest BCUT2D eigenvalue weighted by atomic mass is 10.2. The van der Waals surface area contributed by atoms with E-state index in [0.717, 1.165) is 3.79 Å². The maximum absolute atomic E-state index is 11.5. The van der Waals surface area contributed by atoms with Crippen molar-refractivity contribution in [2.75, 3.05) is 5.32 Å². The largest absolute Gasteiger partial charge is 0.480 e. The number of aliphatic carboxylic acids is 1. The number of halogens is 1. The second kappa shape index (κ2) is 6.55. The average molecular weight is 322 g/mol. The van der Waals surface area contributed by atoms with E-state index in [4.69, 9.17) is 5.11 Å². The zero-order valence-electron chi connectivity index (χ0n) is 9.07. The zero-order valence-corrected chi connectivity index (χ0v) is 11.5. The summed E-state index contributed by atoms with van der Waals surface area (Å²) in [4.78, 5) is 26.2. The number of nitrogens with zero attached hydrogens (tertiary/aromatic N) is 1. The molecular weight excluding hydrogens is 310 g/mol. The molecule has 94 valence electrons. The van der Waals surface area contributed by atoms with E-state index < -0.39 is 18.0 Å². The normalized spacial score (nSPS) is 11.9. The minimum atomic E-state index is -1.04. The van der Waals surface area contributed by atoms with Crippen molar-refractivity contribution in [2.45, 2.75) is 25.8 Å². The number of hydrogen-bond donors (Lipinski definition) is 3. The van der Waals surface area contributed by atoms with Gasteiger partial charge in [-0.25, -0.2) is 14.6 Å². The van der Waals surface area contributed by atoms with E-state index >= 15 is 0 Å². The van der Waals surface area contributed by atoms with Gasteiger partial charge in [-0.1, -0.05) is 24.7 Å². The van der Waals surface area contributed by atoms with Crippen molar-refractivity contribution in [1.82, 2.24) is 10.3 Å². The molecule has 0 aliphatic rings. The molecule has 1 rings (SSSR count). The molecule has 17 heavy (non-hydrogen) atoms. The van der Waals surface area contributed by atoms with Crippen LogP contribution in [0, 0.1) is 0 Å². The molecule has 0 fully saturated rings. The third-order valence-electron chi connectivity index (χ3n) is 1.88. The molecule has 0 saturated carbocycles. The molecule has 1 atom stereocenters. The number of thiazole rings is 1. The lowest BCUT2D eigenvalue weighted by Crippen LogP contribution is -2.42. The SMILES string of the molecule is CCC[C@@H](NC(=O)Nc1ncc(Br)s1)C(=O)O. The number of carbonyl (C=O) groups excluding carboxylic acids is 1. The van der Waals surface area contributed by atoms with Gasteiger partial charge in [0.05, 0.1) is 9.98 Å². The Morgan fingerprint density at radius 2 is 2.35 bits per heavy atom. The molecule has 0 saturated heterocycles. The average Bonchev–Trinajstić information content (AvgIpc) is 2.63. The van der Waals surface area contributed by atoms with Crippen molar-refractivity contribution in [1.29, 1.82) is 0 Å². The van der Waals surface area contributed by atoms with Crippen LogP contribution >= 0.6 is 27.3 Å². The van der Waals surface area contributed by atoms with Crippen molar-refractivity contribution in [3.8, 4) is 0 Å². The highest BCUT2D eigenvalue weighted by Crippen LogP contribution is 2.22. The van der Waals surface area contributed by atoms with Gasteiger partial charge in [-0.15, -0.1) is 0 Å². The second-order valence-electron chi connectivity index (χ2n) is 3.25. The van der Waals surface area contributed by atoms with Gasteiger partial charge in [0.1, 0.15) is 6.04 Å². The Balaban J connectivity index is 2.50. The van der Waals surface area contributed by atoms with Crippen LogP contribution in [0.25, 0.3) is 0 Å². The van der Waals surface area contributed by atoms with E-state index in [2.05, 4.69) is 31.5 Å². The van der Waals surface area contributed by atoms with Crippen LogP contribution in [0.4, 0.5) is 9.93 Å². The molecule has 3 N–H and O–H groups in total. The molecule has 0 aliphatic carbocycles. The maximum Gasteiger partial charge on any atom is 0.326 e. The van der Waals surface area contributed by atoms with Gasteiger partial charge in [-0.05, 0) is 22.4 Å². The lowest BCUT2D eigenvalue weighted by molar-refractivity contribution is -0.139. The van der Waals surface area contributed by atoms with Crippen LogP contribution in [0.3, 0.4) is 0 Å². The van der Waals surface area contributed by atoms with Crippen LogP contribution < -0.4 is 10.6 Å². The highest BCUT2D eigenvalue weighted by Gasteiger charge is 2.19. The molecule has 6 nitrogen and oxygen atoms in total. The summed E-state index contributed by atoms with van der Waals surface area (Å²) >= 11 is 4.46. The van der Waals surface area contributed by atoms with Crippen molar-refractivity contribution < 1.29 is 14.7 Å². The van der Waals surface area contributed by atoms with Gasteiger partial charge in [0.15, 0.2) is 5.13 Å². The number of anilines is 1. The number of carbonyl (C=O) groups is 2. The molecule has 1 aromatic heterocycles. The molecule has 0 bridgehead atoms. The monoisotopic (exact) mass is 321 g/mol. The molecule has 1 heterocycles. The molecular formula is C9H12BrN3O3S. The summed E-state index contributed by atoms with van der Waals surface area (Å²) in [7, 11) is 0. The van der Waals surface area contributed by atoms with E-state index in [9.17, 15) is 9.59 Å². The van der Waals surface area contributed by atoms with Gasteiger partial charge in [-0.2, -0.15) is 0 Å². The highest BCUT2D eigenvalue weighted by atomic mass is 79.9. The highest BCUT2D eigenvalue weighted by molar-refractivity contribution is 9.11. The van der Waals surface area contributed by atoms with Crippen molar-refractivity contribution in [2.24, 2.45) is 0 Å². The van der Waals surface area contributed by atoms with Crippen LogP contribution in [0.1, 0.15) is 19.8 Å². The van der Waals surface area contributed by atoms with Crippen LogP contribution in [-0.4, -0.2) is 28.1 Å². The van der Waals surface area contributed by atoms with E-state index in [1.165, 1.54) is 11.3 Å². The Morgan fingerprint density at radius 1 is 1.65 bits per heavy atom. The van der Waals surface area contributed by atoms with Crippen LogP contribution in [-0.2, 0) is 4.79 Å². The first-order valence-corrected chi connectivity index (χ1v) is 6.55. The molecule has 0 aromatic carbocycles. The summed E-state index contributed by atoms with van der Waals surface area (Å²) in [5, 5.41) is 14.1. The number of rotatable bonds is 5. The van der Waals surface area contributed by atoms with E-state index in [1.807, 2.05) is 6.92 Å². The van der Waals surface area contributed by atoms with E-state index in [0.29, 0.717) is 18.0 Å². The fourth-order valence-corrected chi connectivity index (χ4v) is 2.25. The first-order chi connectivity index (χ1) is 8.02. The van der Waals surface area contributed by atoms with Crippen molar-refractivity contribution in [3.63, 3.8) is 0 Å². The van der Waals surface area contributed by atoms with Crippen molar-refractivity contribution in [3.05, 3.63) is 9.98 Å². The Morgan fingerprint density at radius 3 is 2.82 bits per heavy atom. The second-order valence-corrected chi connectivity index (χ2v) is 5.66. The van der Waals surface area contributed by atoms with Gasteiger partial charge >= 0.3 is 12.0 Å². The summed E-state index contributed by atoms with van der Waals surface area (Å²) in [6.45, 7) is 1.85. The van der Waals surface area contributed by atoms with Gasteiger partial charge in [0, 0.05) is 0 Å². The van der Waals surface area contributed by atoms with E-state index in [1.54, 1.807) is 6.20 Å². The number of aromatic nitrogens is 1. The molecule has 0 radical (unpaired) electrons. The molecule has 0 aliphatic heterocycles. The van der Waals surface area contributed by atoms with Gasteiger partial charge in [0.2, 0.25) is 0 Å². The Bertz CT molecular complexity index is 410. The Kier molecular flexibility index (Phi) is 5.36. The summed E-state index contributed by atoms with van der Waals surface area (Å²) in [6, 6.07) is -1.43. The molecule has 2 amide bonds. The topological polar surface area (TPSA) is 91.3 Å². The third-order valence-corrected chi connectivity index (χ3v) is 3.27. The number of amides is 2. The molecule has 8 heteroatoms. The summed E-state index contributed by atoms with van der Waals surface area (Å²) in [6.07, 6.45) is 2.63. The fourth-order valence-electron chi connectivity index (χ4n) is 1.15. The van der Waals surface area contributed by atoms with Crippen LogP contribution in [0.2, 0.25) is 0 Å². The maximum atomic E-state index is 11.5. The zero-order chi connectivity index (χ0) is 12.8. The molecule has 1 aromatic rings. The number of hydrogen-bond acceptors (Lipinski definition) is 4. The van der Waals surface area contributed by atoms with Crippen LogP contribution in [0.5, 0.6) is 0 Å². The third kappa shape index (κ3) is 4.70. The molecule has 0 unspecified atom stereocenters. The Hall–Kier alpha value is -1.15. The molecule has 0 spiro atoms. The quantitative estimate of drug-likeness (QED) is 0.775. The first-order valence-electron chi connectivity index (χ1n) is 4.94. The summed E-state index contributed by atoms with van der Waals surface area (Å²) in [5.74, 6) is -1.04. The number of carboxylic acid groups (broad SMARTS) is 1. The Labute approximate surface area is 111 Å². The van der Waals surface area contributed by atoms with Crippen LogP contribution in [0.15, 0.2) is 9.98 Å². The summed E-state index contributed by atoms with van der Waals surface area (Å²) < 4.78 is 0.788. The number of urea groups is 1. The van der Waals surface area contributed by atoms with Gasteiger partial charge in [-0.3, -0.25) is 5.32 Å². The van der Waals surface area contributed by atoms with E-state index in [-0.39, 0.29) is 0 Å². The minimum absolute atomic E-state index is 0.393. The predicted octanol–water partition coefficient (Wildman–Crippen LogP) is 2.28. The number of carboxylic acids is 1. The van der Waals surface area contributed by atoms with Crippen molar-refractivity contribution >= 4 is 44.4 Å². The number of nitrogens with one attached hydrogen (secondary N) is 2. The smallest absolute Gasteiger partial charge is 0.326 e. The van der Waals surface area contributed by atoms with Gasteiger partial charge < -0.3 is 10.4 Å². The van der Waals surface area contributed by atoms with Gasteiger partial charge in [0.25, 0.3) is 0 Å². The predicted molar refractivity (Wildman–Crippen MR) is 68.3 cm³/mol.